The highest BCUT2D eigenvalue weighted by molar-refractivity contribution is 6.21. The van der Waals surface area contributed by atoms with E-state index in [1.54, 1.807) is 30.3 Å². The first kappa shape index (κ1) is 22.0. The van der Waals surface area contributed by atoms with E-state index in [-0.39, 0.29) is 36.8 Å². The number of ether oxygens (including phenoxy) is 3. The summed E-state index contributed by atoms with van der Waals surface area (Å²) in [5.41, 5.74) is 1.89. The highest BCUT2D eigenvalue weighted by Gasteiger charge is 2.35. The molecule has 0 aliphatic carbocycles. The Hall–Kier alpha value is -3.68. The van der Waals surface area contributed by atoms with Gasteiger partial charge < -0.3 is 14.2 Å². The van der Waals surface area contributed by atoms with Gasteiger partial charge in [-0.1, -0.05) is 11.6 Å². The smallest absolute Gasteiger partial charge is 0.306 e. The standard InChI is InChI=1S/C23H23NO7/c1-14-6-8-16-17(11-14)23(28)24(22(16)27)10-4-5-21(26)31-13-19(25)18-12-15(29-2)7-9-20(18)30-3/h6-9,11-12H,4-5,10,13H2,1-3H3. The number of carbonyl (C=O) groups excluding carboxylic acids is 4. The maximum atomic E-state index is 12.4. The lowest BCUT2D eigenvalue weighted by atomic mass is 10.1. The van der Waals surface area contributed by atoms with Crippen LogP contribution >= 0.6 is 0 Å². The highest BCUT2D eigenvalue weighted by atomic mass is 16.5. The zero-order valence-electron chi connectivity index (χ0n) is 17.6. The molecule has 0 unspecified atom stereocenters. The lowest BCUT2D eigenvalue weighted by Crippen LogP contribution is -2.31. The summed E-state index contributed by atoms with van der Waals surface area (Å²) in [7, 11) is 2.91. The summed E-state index contributed by atoms with van der Waals surface area (Å²) in [6.07, 6.45) is 0.203. The molecular formula is C23H23NO7. The first-order valence-corrected chi connectivity index (χ1v) is 9.73. The fraction of sp³-hybridized carbons (Fsp3) is 0.304. The Bertz CT molecular complexity index is 1040. The predicted octanol–water partition coefficient (Wildman–Crippen LogP) is 2.81. The molecule has 1 aliphatic heterocycles. The summed E-state index contributed by atoms with van der Waals surface area (Å²) in [5.74, 6) is -0.928. The molecule has 2 aromatic rings. The van der Waals surface area contributed by atoms with Gasteiger partial charge in [0.25, 0.3) is 11.8 Å². The fourth-order valence-electron chi connectivity index (χ4n) is 3.32. The number of fused-ring (bicyclic) bond motifs is 1. The Morgan fingerprint density at radius 1 is 0.935 bits per heavy atom. The normalized spacial score (nSPS) is 12.5. The van der Waals surface area contributed by atoms with Gasteiger partial charge in [-0.2, -0.15) is 0 Å². The summed E-state index contributed by atoms with van der Waals surface area (Å²) in [6.45, 7) is 1.49. The van der Waals surface area contributed by atoms with Gasteiger partial charge in [0.15, 0.2) is 6.61 Å². The number of hydrogen-bond acceptors (Lipinski definition) is 7. The number of rotatable bonds is 9. The number of ketones is 1. The van der Waals surface area contributed by atoms with Crippen molar-refractivity contribution in [1.29, 1.82) is 0 Å². The third kappa shape index (κ3) is 4.74. The molecular weight excluding hydrogens is 402 g/mol. The number of carbonyl (C=O) groups is 4. The summed E-state index contributed by atoms with van der Waals surface area (Å²) >= 11 is 0. The molecule has 0 bridgehead atoms. The summed E-state index contributed by atoms with van der Waals surface area (Å²) in [5, 5.41) is 0. The Labute approximate surface area is 179 Å². The molecule has 0 saturated heterocycles. The van der Waals surface area contributed by atoms with Crippen LogP contribution in [0.4, 0.5) is 0 Å². The van der Waals surface area contributed by atoms with Crippen molar-refractivity contribution in [3.8, 4) is 11.5 Å². The molecule has 8 nitrogen and oxygen atoms in total. The zero-order chi connectivity index (χ0) is 22.5. The molecule has 162 valence electrons. The van der Waals surface area contributed by atoms with Crippen molar-refractivity contribution in [3.05, 3.63) is 58.7 Å². The van der Waals surface area contributed by atoms with Crippen LogP contribution in [0.25, 0.3) is 0 Å². The van der Waals surface area contributed by atoms with Crippen LogP contribution < -0.4 is 9.47 Å². The van der Waals surface area contributed by atoms with Gasteiger partial charge in [-0.05, 0) is 43.7 Å². The Morgan fingerprint density at radius 2 is 1.68 bits per heavy atom. The van der Waals surface area contributed by atoms with E-state index in [4.69, 9.17) is 14.2 Å². The van der Waals surface area contributed by atoms with Crippen molar-refractivity contribution >= 4 is 23.6 Å². The first-order chi connectivity index (χ1) is 14.8. The van der Waals surface area contributed by atoms with Crippen LogP contribution in [0.15, 0.2) is 36.4 Å². The average molecular weight is 425 g/mol. The van der Waals surface area contributed by atoms with Crippen molar-refractivity contribution in [2.24, 2.45) is 0 Å². The molecule has 31 heavy (non-hydrogen) atoms. The second-order valence-electron chi connectivity index (χ2n) is 7.06. The Kier molecular flexibility index (Phi) is 6.69. The van der Waals surface area contributed by atoms with Gasteiger partial charge in [0.1, 0.15) is 11.5 Å². The molecule has 2 aromatic carbocycles. The van der Waals surface area contributed by atoms with E-state index in [1.807, 2.05) is 6.92 Å². The van der Waals surface area contributed by atoms with Gasteiger partial charge in [0.2, 0.25) is 5.78 Å². The van der Waals surface area contributed by atoms with E-state index >= 15 is 0 Å². The van der Waals surface area contributed by atoms with E-state index < -0.39 is 18.4 Å². The number of imide groups is 1. The number of methoxy groups -OCH3 is 2. The number of nitrogens with zero attached hydrogens (tertiary/aromatic N) is 1. The van der Waals surface area contributed by atoms with Crippen molar-refractivity contribution in [2.75, 3.05) is 27.4 Å². The number of esters is 1. The molecule has 3 rings (SSSR count). The van der Waals surface area contributed by atoms with Gasteiger partial charge in [-0.3, -0.25) is 24.1 Å². The maximum absolute atomic E-state index is 12.4. The largest absolute Gasteiger partial charge is 0.497 e. The fourth-order valence-corrected chi connectivity index (χ4v) is 3.32. The minimum absolute atomic E-state index is 0.0328. The molecule has 0 atom stereocenters. The second-order valence-corrected chi connectivity index (χ2v) is 7.06. The third-order valence-electron chi connectivity index (χ3n) is 4.96. The number of aryl methyl sites for hydroxylation is 1. The SMILES string of the molecule is COc1ccc(OC)c(C(=O)COC(=O)CCCN2C(=O)c3ccc(C)cc3C2=O)c1. The van der Waals surface area contributed by atoms with Gasteiger partial charge in [-0.15, -0.1) is 0 Å². The topological polar surface area (TPSA) is 99.2 Å². The lowest BCUT2D eigenvalue weighted by Gasteiger charge is -2.13. The van der Waals surface area contributed by atoms with Gasteiger partial charge in [-0.25, -0.2) is 0 Å². The molecule has 1 heterocycles. The van der Waals surface area contributed by atoms with Crippen LogP contribution in [0.3, 0.4) is 0 Å². The first-order valence-electron chi connectivity index (χ1n) is 9.73. The van der Waals surface area contributed by atoms with Crippen molar-refractivity contribution in [3.63, 3.8) is 0 Å². The highest BCUT2D eigenvalue weighted by Crippen LogP contribution is 2.25. The molecule has 1 aliphatic rings. The quantitative estimate of drug-likeness (QED) is 0.346. The minimum Gasteiger partial charge on any atom is -0.497 e. The number of amides is 2. The van der Waals surface area contributed by atoms with Crippen LogP contribution in [0.1, 0.15) is 49.5 Å². The molecule has 0 aromatic heterocycles. The van der Waals surface area contributed by atoms with E-state index in [2.05, 4.69) is 0 Å². The maximum Gasteiger partial charge on any atom is 0.306 e. The van der Waals surface area contributed by atoms with Gasteiger partial charge in [0.05, 0.1) is 30.9 Å². The van der Waals surface area contributed by atoms with E-state index in [1.165, 1.54) is 20.3 Å². The predicted molar refractivity (Wildman–Crippen MR) is 111 cm³/mol. The second kappa shape index (κ2) is 9.42. The average Bonchev–Trinajstić information content (AvgIpc) is 3.01. The molecule has 0 fully saturated rings. The van der Waals surface area contributed by atoms with E-state index in [0.717, 1.165) is 10.5 Å². The van der Waals surface area contributed by atoms with Crippen molar-refractivity contribution in [1.82, 2.24) is 4.90 Å². The van der Waals surface area contributed by atoms with Gasteiger partial charge >= 0.3 is 5.97 Å². The summed E-state index contributed by atoms with van der Waals surface area (Å²) < 4.78 is 15.3. The lowest BCUT2D eigenvalue weighted by molar-refractivity contribution is -0.142. The van der Waals surface area contributed by atoms with Crippen LogP contribution in [-0.4, -0.2) is 55.8 Å². The minimum atomic E-state index is -0.595. The number of Topliss-reactive ketones (excluding diaryl/α,β-unsaturated/α-hetero) is 1. The van der Waals surface area contributed by atoms with Crippen molar-refractivity contribution < 1.29 is 33.4 Å². The zero-order valence-corrected chi connectivity index (χ0v) is 17.6. The van der Waals surface area contributed by atoms with Crippen LogP contribution in [0.2, 0.25) is 0 Å². The number of hydrogen-bond donors (Lipinski definition) is 0. The summed E-state index contributed by atoms with van der Waals surface area (Å²) in [4.78, 5) is 50.4. The monoisotopic (exact) mass is 425 g/mol. The summed E-state index contributed by atoms with van der Waals surface area (Å²) in [6, 6.07) is 9.86. The van der Waals surface area contributed by atoms with Crippen LogP contribution in [0.5, 0.6) is 11.5 Å². The van der Waals surface area contributed by atoms with Gasteiger partial charge in [0, 0.05) is 13.0 Å². The van der Waals surface area contributed by atoms with E-state index in [9.17, 15) is 19.2 Å². The Balaban J connectivity index is 1.50. The molecule has 2 amide bonds. The molecule has 0 saturated carbocycles. The molecule has 0 N–H and O–H groups in total. The third-order valence-corrected chi connectivity index (χ3v) is 4.96. The number of benzene rings is 2. The van der Waals surface area contributed by atoms with E-state index in [0.29, 0.717) is 22.6 Å². The van der Waals surface area contributed by atoms with Crippen LogP contribution in [-0.2, 0) is 9.53 Å². The van der Waals surface area contributed by atoms with Crippen LogP contribution in [0, 0.1) is 6.92 Å². The molecule has 8 heteroatoms. The van der Waals surface area contributed by atoms with Crippen molar-refractivity contribution in [2.45, 2.75) is 19.8 Å². The molecule has 0 spiro atoms. The molecule has 0 radical (unpaired) electrons. The Morgan fingerprint density at radius 3 is 2.39 bits per heavy atom.